The summed E-state index contributed by atoms with van der Waals surface area (Å²) in [6.07, 6.45) is 3.79. The lowest BCUT2D eigenvalue weighted by molar-refractivity contribution is -0.137. The van der Waals surface area contributed by atoms with Gasteiger partial charge in [0.25, 0.3) is 5.91 Å². The van der Waals surface area contributed by atoms with Gasteiger partial charge >= 0.3 is 6.03 Å². The van der Waals surface area contributed by atoms with E-state index in [2.05, 4.69) is 5.32 Å². The fraction of sp³-hybridized carbons (Fsp3) is 0.611. The summed E-state index contributed by atoms with van der Waals surface area (Å²) in [6, 6.07) is 1.61. The van der Waals surface area contributed by atoms with E-state index in [0.29, 0.717) is 12.8 Å². The summed E-state index contributed by atoms with van der Waals surface area (Å²) in [4.78, 5) is 39.9. The molecule has 3 rings (SSSR count). The van der Waals surface area contributed by atoms with Gasteiger partial charge in [0.05, 0.1) is 0 Å². The largest absolute Gasteiger partial charge is 0.325 e. The molecule has 6 heteroatoms. The summed E-state index contributed by atoms with van der Waals surface area (Å²) >= 11 is 1.64. The Labute approximate surface area is 146 Å². The fourth-order valence-corrected chi connectivity index (χ4v) is 5.28. The number of imide groups is 1. The molecule has 24 heavy (non-hydrogen) atoms. The number of nitrogens with zero attached hydrogens (tertiary/aromatic N) is 1. The van der Waals surface area contributed by atoms with E-state index >= 15 is 0 Å². The zero-order valence-corrected chi connectivity index (χ0v) is 15.5. The van der Waals surface area contributed by atoms with Gasteiger partial charge in [-0.25, -0.2) is 4.79 Å². The highest BCUT2D eigenvalue weighted by Crippen LogP contribution is 2.44. The van der Waals surface area contributed by atoms with Crippen molar-refractivity contribution in [3.05, 3.63) is 21.9 Å². The topological polar surface area (TPSA) is 66.5 Å². The van der Waals surface area contributed by atoms with Crippen LogP contribution in [0.3, 0.4) is 0 Å². The predicted molar refractivity (Wildman–Crippen MR) is 92.9 cm³/mol. The van der Waals surface area contributed by atoms with E-state index in [9.17, 15) is 14.4 Å². The van der Waals surface area contributed by atoms with Crippen LogP contribution in [0.15, 0.2) is 11.4 Å². The molecule has 1 saturated heterocycles. The molecule has 2 heterocycles. The van der Waals surface area contributed by atoms with Crippen molar-refractivity contribution in [2.24, 2.45) is 5.41 Å². The second kappa shape index (κ2) is 5.41. The van der Waals surface area contributed by atoms with Crippen molar-refractivity contribution < 1.29 is 14.4 Å². The maximum absolute atomic E-state index is 13.3. The average molecular weight is 348 g/mol. The van der Waals surface area contributed by atoms with Crippen LogP contribution in [0.5, 0.6) is 0 Å². The summed E-state index contributed by atoms with van der Waals surface area (Å²) in [5.74, 6) is -0.182. The molecule has 1 aliphatic heterocycles. The van der Waals surface area contributed by atoms with E-state index in [0.717, 1.165) is 24.7 Å². The van der Waals surface area contributed by atoms with Crippen molar-refractivity contribution >= 4 is 29.6 Å². The summed E-state index contributed by atoms with van der Waals surface area (Å²) in [6.45, 7) is 7.36. The minimum absolute atomic E-state index is 0.182. The summed E-state index contributed by atoms with van der Waals surface area (Å²) in [5.41, 5.74) is -1.30. The van der Waals surface area contributed by atoms with Crippen LogP contribution in [0.1, 0.15) is 57.4 Å². The van der Waals surface area contributed by atoms with Crippen LogP contribution in [0.4, 0.5) is 4.79 Å². The third kappa shape index (κ3) is 2.48. The van der Waals surface area contributed by atoms with Gasteiger partial charge in [0.1, 0.15) is 11.8 Å². The second-order valence-corrected chi connectivity index (χ2v) is 9.18. The SMILES string of the molecule is CC(C)(C=O)CC(C)(C)N1C(=O)NC2(CCCc3sccc32)C1=O. The lowest BCUT2D eigenvalue weighted by Crippen LogP contribution is -2.52. The molecule has 130 valence electrons. The molecule has 0 radical (unpaired) electrons. The molecule has 1 N–H and O–H groups in total. The quantitative estimate of drug-likeness (QED) is 0.671. The smallest absolute Gasteiger partial charge is 0.319 e. The molecule has 0 aromatic carbocycles. The van der Waals surface area contributed by atoms with E-state index < -0.39 is 16.5 Å². The minimum Gasteiger partial charge on any atom is -0.319 e. The number of hydrogen-bond acceptors (Lipinski definition) is 4. The summed E-state index contributed by atoms with van der Waals surface area (Å²) < 4.78 is 0. The Hall–Kier alpha value is -1.69. The van der Waals surface area contributed by atoms with Crippen LogP contribution in [0.25, 0.3) is 0 Å². The number of rotatable bonds is 4. The molecule has 1 aliphatic carbocycles. The molecule has 1 aromatic rings. The molecular formula is C18H24N2O3S. The number of nitrogens with one attached hydrogen (secondary N) is 1. The molecule has 1 unspecified atom stereocenters. The van der Waals surface area contributed by atoms with Crippen molar-refractivity contribution in [1.82, 2.24) is 10.2 Å². The van der Waals surface area contributed by atoms with E-state index in [-0.39, 0.29) is 11.9 Å². The Morgan fingerprint density at radius 2 is 2.04 bits per heavy atom. The molecule has 3 amide bonds. The number of amides is 3. The third-order valence-electron chi connectivity index (χ3n) is 5.07. The van der Waals surface area contributed by atoms with Crippen molar-refractivity contribution in [2.45, 2.75) is 64.5 Å². The van der Waals surface area contributed by atoms with Gasteiger partial charge in [-0.05, 0) is 51.0 Å². The lowest BCUT2D eigenvalue weighted by Gasteiger charge is -2.38. The highest BCUT2D eigenvalue weighted by atomic mass is 32.1. The zero-order chi connectivity index (χ0) is 17.8. The molecule has 1 spiro atoms. The highest BCUT2D eigenvalue weighted by molar-refractivity contribution is 7.10. The van der Waals surface area contributed by atoms with Crippen LogP contribution < -0.4 is 5.32 Å². The molecule has 1 fully saturated rings. The molecule has 1 aromatic heterocycles. The first-order valence-electron chi connectivity index (χ1n) is 8.33. The average Bonchev–Trinajstić information content (AvgIpc) is 3.03. The van der Waals surface area contributed by atoms with Crippen LogP contribution in [-0.2, 0) is 21.5 Å². The second-order valence-electron chi connectivity index (χ2n) is 8.18. The van der Waals surface area contributed by atoms with Gasteiger partial charge in [0.2, 0.25) is 0 Å². The van der Waals surface area contributed by atoms with Gasteiger partial charge in [-0.1, -0.05) is 13.8 Å². The molecule has 2 aliphatic rings. The van der Waals surface area contributed by atoms with E-state index in [1.807, 2.05) is 39.1 Å². The molecule has 0 saturated carbocycles. The Morgan fingerprint density at radius 1 is 1.33 bits per heavy atom. The molecule has 5 nitrogen and oxygen atoms in total. The van der Waals surface area contributed by atoms with Crippen LogP contribution in [0.2, 0.25) is 0 Å². The van der Waals surface area contributed by atoms with Gasteiger partial charge in [0.15, 0.2) is 0 Å². The standard InChI is InChI=1S/C18H24N2O3S/c1-16(2,11-21)10-17(3,4)20-14(22)18(19-15(20)23)8-5-6-13-12(18)7-9-24-13/h7,9,11H,5-6,8,10H2,1-4H3,(H,19,23). The molecule has 1 atom stereocenters. The lowest BCUT2D eigenvalue weighted by atomic mass is 9.77. The number of carbonyl (C=O) groups is 3. The summed E-state index contributed by atoms with van der Waals surface area (Å²) in [5, 5.41) is 4.96. The molecular weight excluding hydrogens is 324 g/mol. The van der Waals surface area contributed by atoms with Gasteiger partial charge in [-0.3, -0.25) is 9.69 Å². The van der Waals surface area contributed by atoms with Crippen LogP contribution in [0, 0.1) is 5.41 Å². The minimum atomic E-state index is -0.923. The zero-order valence-electron chi connectivity index (χ0n) is 14.6. The Balaban J connectivity index is 1.98. The monoisotopic (exact) mass is 348 g/mol. The summed E-state index contributed by atoms with van der Waals surface area (Å²) in [7, 11) is 0. The predicted octanol–water partition coefficient (Wildman–Crippen LogP) is 3.23. The maximum atomic E-state index is 13.3. The van der Waals surface area contributed by atoms with E-state index in [4.69, 9.17) is 0 Å². The Morgan fingerprint density at radius 3 is 2.71 bits per heavy atom. The van der Waals surface area contributed by atoms with Gasteiger partial charge in [-0.2, -0.15) is 0 Å². The number of carbonyl (C=O) groups excluding carboxylic acids is 3. The van der Waals surface area contributed by atoms with Crippen molar-refractivity contribution in [2.75, 3.05) is 0 Å². The normalized spacial score (nSPS) is 24.2. The highest BCUT2D eigenvalue weighted by Gasteiger charge is 2.58. The Kier molecular flexibility index (Phi) is 3.86. The van der Waals surface area contributed by atoms with Crippen LogP contribution >= 0.6 is 11.3 Å². The first kappa shape index (κ1) is 17.1. The fourth-order valence-electron chi connectivity index (χ4n) is 4.28. The van der Waals surface area contributed by atoms with Crippen molar-refractivity contribution in [1.29, 1.82) is 0 Å². The van der Waals surface area contributed by atoms with Gasteiger partial charge in [-0.15, -0.1) is 11.3 Å². The van der Waals surface area contributed by atoms with E-state index in [1.165, 1.54) is 9.78 Å². The van der Waals surface area contributed by atoms with Crippen LogP contribution in [-0.4, -0.2) is 28.7 Å². The Bertz CT molecular complexity index is 707. The number of urea groups is 1. The first-order valence-corrected chi connectivity index (χ1v) is 9.21. The third-order valence-corrected chi connectivity index (χ3v) is 6.05. The number of thiophene rings is 1. The van der Waals surface area contributed by atoms with Crippen molar-refractivity contribution in [3.8, 4) is 0 Å². The van der Waals surface area contributed by atoms with E-state index in [1.54, 1.807) is 11.3 Å². The molecule has 0 bridgehead atoms. The number of fused-ring (bicyclic) bond motifs is 2. The van der Waals surface area contributed by atoms with Gasteiger partial charge in [0, 0.05) is 21.4 Å². The number of aryl methyl sites for hydroxylation is 1. The number of hydrogen-bond donors (Lipinski definition) is 1. The van der Waals surface area contributed by atoms with Crippen molar-refractivity contribution in [3.63, 3.8) is 0 Å². The van der Waals surface area contributed by atoms with Gasteiger partial charge < -0.3 is 10.1 Å². The number of aldehydes is 1. The first-order chi connectivity index (χ1) is 11.1. The maximum Gasteiger partial charge on any atom is 0.325 e.